The zero-order chi connectivity index (χ0) is 13.7. The van der Waals surface area contributed by atoms with Crippen molar-refractivity contribution in [1.29, 1.82) is 0 Å². The zero-order valence-electron chi connectivity index (χ0n) is 11.2. The molecule has 1 saturated heterocycles. The molecule has 0 radical (unpaired) electrons. The number of hydrogen-bond donors (Lipinski definition) is 3. The third-order valence-electron chi connectivity index (χ3n) is 3.55. The Labute approximate surface area is 113 Å². The van der Waals surface area contributed by atoms with E-state index in [4.69, 9.17) is 5.84 Å². The van der Waals surface area contributed by atoms with Crippen molar-refractivity contribution in [2.45, 2.75) is 12.8 Å². The first-order valence-corrected chi connectivity index (χ1v) is 6.58. The molecule has 0 saturated carbocycles. The quantitative estimate of drug-likeness (QED) is 0.542. The number of piperidine rings is 1. The molecular formula is C13H21N5O. The van der Waals surface area contributed by atoms with Gasteiger partial charge in [0, 0.05) is 6.54 Å². The smallest absolute Gasteiger partial charge is 0.269 e. The Bertz CT molecular complexity index is 412. The molecule has 0 aliphatic carbocycles. The first-order chi connectivity index (χ1) is 9.19. The van der Waals surface area contributed by atoms with Gasteiger partial charge in [-0.1, -0.05) is 0 Å². The second-order valence-electron chi connectivity index (χ2n) is 5.03. The Balaban J connectivity index is 1.80. The molecule has 1 aromatic heterocycles. The predicted molar refractivity (Wildman–Crippen MR) is 74.6 cm³/mol. The third kappa shape index (κ3) is 3.90. The molecule has 1 aliphatic rings. The summed E-state index contributed by atoms with van der Waals surface area (Å²) in [5.74, 6) is 5.70. The van der Waals surface area contributed by atoms with Crippen LogP contribution in [0, 0.1) is 5.92 Å². The van der Waals surface area contributed by atoms with Crippen LogP contribution in [0.2, 0.25) is 0 Å². The van der Waals surface area contributed by atoms with Gasteiger partial charge < -0.3 is 15.6 Å². The van der Waals surface area contributed by atoms with Gasteiger partial charge in [-0.3, -0.25) is 10.6 Å². The SMILES string of the molecule is CN1CCC(CNC(=O)c2ccc(NN)cn2)CC1. The number of hydrogen-bond acceptors (Lipinski definition) is 5. The molecule has 4 N–H and O–H groups in total. The average Bonchev–Trinajstić information content (AvgIpc) is 2.46. The summed E-state index contributed by atoms with van der Waals surface area (Å²) in [5, 5.41) is 2.95. The van der Waals surface area contributed by atoms with Gasteiger partial charge in [-0.25, -0.2) is 4.98 Å². The van der Waals surface area contributed by atoms with Crippen molar-refractivity contribution in [2.24, 2.45) is 11.8 Å². The largest absolute Gasteiger partial charge is 0.350 e. The third-order valence-corrected chi connectivity index (χ3v) is 3.55. The summed E-state index contributed by atoms with van der Waals surface area (Å²) in [6, 6.07) is 3.40. The highest BCUT2D eigenvalue weighted by atomic mass is 16.1. The number of pyridine rings is 1. The van der Waals surface area contributed by atoms with Gasteiger partial charge in [-0.05, 0) is 51.0 Å². The monoisotopic (exact) mass is 263 g/mol. The van der Waals surface area contributed by atoms with Gasteiger partial charge in [0.25, 0.3) is 5.91 Å². The van der Waals surface area contributed by atoms with Crippen molar-refractivity contribution in [2.75, 3.05) is 32.1 Å². The van der Waals surface area contributed by atoms with Crippen molar-refractivity contribution in [3.63, 3.8) is 0 Å². The molecule has 1 fully saturated rings. The fourth-order valence-electron chi connectivity index (χ4n) is 2.21. The minimum absolute atomic E-state index is 0.123. The Morgan fingerprint density at radius 1 is 1.47 bits per heavy atom. The van der Waals surface area contributed by atoms with Crippen LogP contribution in [0.5, 0.6) is 0 Å². The molecule has 2 rings (SSSR count). The molecule has 0 unspecified atom stereocenters. The topological polar surface area (TPSA) is 83.3 Å². The summed E-state index contributed by atoms with van der Waals surface area (Å²) in [6.07, 6.45) is 3.82. The van der Waals surface area contributed by atoms with E-state index in [0.29, 0.717) is 17.3 Å². The van der Waals surface area contributed by atoms with E-state index >= 15 is 0 Å². The molecule has 0 spiro atoms. The minimum Gasteiger partial charge on any atom is -0.350 e. The normalized spacial score (nSPS) is 17.2. The van der Waals surface area contributed by atoms with E-state index in [2.05, 4.69) is 27.7 Å². The van der Waals surface area contributed by atoms with Crippen molar-refractivity contribution in [3.8, 4) is 0 Å². The number of carbonyl (C=O) groups is 1. The van der Waals surface area contributed by atoms with Crippen LogP contribution in [0.3, 0.4) is 0 Å². The first kappa shape index (κ1) is 13.8. The molecule has 0 bridgehead atoms. The van der Waals surface area contributed by atoms with E-state index < -0.39 is 0 Å². The standard InChI is InChI=1S/C13H21N5O/c1-18-6-4-10(5-7-18)8-16-13(19)12-3-2-11(17-14)9-15-12/h2-3,9-10,17H,4-8,14H2,1H3,(H,16,19). The molecule has 0 aromatic carbocycles. The summed E-state index contributed by atoms with van der Waals surface area (Å²) in [4.78, 5) is 18.3. The lowest BCUT2D eigenvalue weighted by molar-refractivity contribution is 0.0934. The van der Waals surface area contributed by atoms with E-state index in [1.165, 1.54) is 0 Å². The van der Waals surface area contributed by atoms with Gasteiger partial charge in [0.2, 0.25) is 0 Å². The number of nitrogens with two attached hydrogens (primary N) is 1. The van der Waals surface area contributed by atoms with E-state index in [0.717, 1.165) is 32.5 Å². The van der Waals surface area contributed by atoms with E-state index in [-0.39, 0.29) is 5.91 Å². The van der Waals surface area contributed by atoms with Gasteiger partial charge in [0.1, 0.15) is 5.69 Å². The lowest BCUT2D eigenvalue weighted by Gasteiger charge is -2.28. The van der Waals surface area contributed by atoms with Crippen LogP contribution in [0.4, 0.5) is 5.69 Å². The highest BCUT2D eigenvalue weighted by Gasteiger charge is 2.17. The number of amides is 1. The number of nitrogens with zero attached hydrogens (tertiary/aromatic N) is 2. The molecule has 104 valence electrons. The number of hydrazine groups is 1. The van der Waals surface area contributed by atoms with Crippen molar-refractivity contribution < 1.29 is 4.79 Å². The Morgan fingerprint density at radius 2 is 2.21 bits per heavy atom. The number of likely N-dealkylation sites (tertiary alicyclic amines) is 1. The lowest BCUT2D eigenvalue weighted by Crippen LogP contribution is -2.37. The van der Waals surface area contributed by atoms with Crippen molar-refractivity contribution >= 4 is 11.6 Å². The molecule has 1 amide bonds. The summed E-state index contributed by atoms with van der Waals surface area (Å²) < 4.78 is 0. The van der Waals surface area contributed by atoms with Crippen molar-refractivity contribution in [3.05, 3.63) is 24.0 Å². The molecule has 6 nitrogen and oxygen atoms in total. The van der Waals surface area contributed by atoms with Gasteiger partial charge in [0.05, 0.1) is 11.9 Å². The Hall–Kier alpha value is -1.66. The summed E-state index contributed by atoms with van der Waals surface area (Å²) in [7, 11) is 2.13. The van der Waals surface area contributed by atoms with E-state index in [1.54, 1.807) is 18.3 Å². The van der Waals surface area contributed by atoms with Crippen LogP contribution in [0.1, 0.15) is 23.3 Å². The highest BCUT2D eigenvalue weighted by Crippen LogP contribution is 2.14. The lowest BCUT2D eigenvalue weighted by atomic mass is 9.97. The number of anilines is 1. The maximum atomic E-state index is 11.9. The van der Waals surface area contributed by atoms with Crippen LogP contribution in [0.15, 0.2) is 18.3 Å². The minimum atomic E-state index is -0.123. The molecule has 6 heteroatoms. The fourth-order valence-corrected chi connectivity index (χ4v) is 2.21. The summed E-state index contributed by atoms with van der Waals surface area (Å²) in [6.45, 7) is 2.94. The molecule has 19 heavy (non-hydrogen) atoms. The Morgan fingerprint density at radius 3 is 2.79 bits per heavy atom. The van der Waals surface area contributed by atoms with Gasteiger partial charge in [0.15, 0.2) is 0 Å². The number of rotatable bonds is 4. The maximum absolute atomic E-state index is 11.9. The highest BCUT2D eigenvalue weighted by molar-refractivity contribution is 5.92. The number of aromatic nitrogens is 1. The van der Waals surface area contributed by atoms with Crippen LogP contribution in [-0.4, -0.2) is 42.5 Å². The molecule has 2 heterocycles. The van der Waals surface area contributed by atoms with Crippen LogP contribution < -0.4 is 16.6 Å². The first-order valence-electron chi connectivity index (χ1n) is 6.58. The molecular weight excluding hydrogens is 242 g/mol. The van der Waals surface area contributed by atoms with Gasteiger partial charge >= 0.3 is 0 Å². The number of nitrogens with one attached hydrogen (secondary N) is 2. The van der Waals surface area contributed by atoms with E-state index in [1.807, 2.05) is 0 Å². The molecule has 1 aromatic rings. The van der Waals surface area contributed by atoms with Crippen LogP contribution >= 0.6 is 0 Å². The Kier molecular flexibility index (Phi) is 4.70. The van der Waals surface area contributed by atoms with Crippen LogP contribution in [-0.2, 0) is 0 Å². The molecule has 0 atom stereocenters. The average molecular weight is 263 g/mol. The zero-order valence-corrected chi connectivity index (χ0v) is 11.2. The summed E-state index contributed by atoms with van der Waals surface area (Å²) >= 11 is 0. The second kappa shape index (κ2) is 6.49. The molecule has 1 aliphatic heterocycles. The second-order valence-corrected chi connectivity index (χ2v) is 5.03. The predicted octanol–water partition coefficient (Wildman–Crippen LogP) is 0.439. The maximum Gasteiger partial charge on any atom is 0.269 e. The van der Waals surface area contributed by atoms with Gasteiger partial charge in [-0.2, -0.15) is 0 Å². The number of carbonyl (C=O) groups excluding carboxylic acids is 1. The van der Waals surface area contributed by atoms with E-state index in [9.17, 15) is 4.79 Å². The summed E-state index contributed by atoms with van der Waals surface area (Å²) in [5.41, 5.74) is 3.59. The fraction of sp³-hybridized carbons (Fsp3) is 0.538. The number of nitrogen functional groups attached to an aromatic ring is 1. The van der Waals surface area contributed by atoms with Crippen LogP contribution in [0.25, 0.3) is 0 Å². The van der Waals surface area contributed by atoms with Gasteiger partial charge in [-0.15, -0.1) is 0 Å². The van der Waals surface area contributed by atoms with Crippen molar-refractivity contribution in [1.82, 2.24) is 15.2 Å².